The molecule has 0 aromatic heterocycles. The van der Waals surface area contributed by atoms with Gasteiger partial charge < -0.3 is 5.73 Å². The summed E-state index contributed by atoms with van der Waals surface area (Å²) >= 11 is 5.94. The van der Waals surface area contributed by atoms with Crippen molar-refractivity contribution < 1.29 is 0 Å². The molecular formula is C16H24ClN. The fourth-order valence-electron chi connectivity index (χ4n) is 3.81. The van der Waals surface area contributed by atoms with Gasteiger partial charge in [0.2, 0.25) is 0 Å². The molecule has 1 saturated carbocycles. The van der Waals surface area contributed by atoms with E-state index in [1.807, 2.05) is 12.1 Å². The Bertz CT molecular complexity index is 382. The van der Waals surface area contributed by atoms with E-state index in [9.17, 15) is 0 Å². The van der Waals surface area contributed by atoms with Crippen LogP contribution in [0.2, 0.25) is 5.02 Å². The summed E-state index contributed by atoms with van der Waals surface area (Å²) < 4.78 is 0. The van der Waals surface area contributed by atoms with Crippen molar-refractivity contribution in [1.29, 1.82) is 0 Å². The minimum atomic E-state index is -0.116. The molecule has 0 spiro atoms. The Kier molecular flexibility index (Phi) is 4.03. The molecule has 1 aromatic carbocycles. The van der Waals surface area contributed by atoms with Crippen LogP contribution in [0.5, 0.6) is 0 Å². The lowest BCUT2D eigenvalue weighted by Crippen LogP contribution is -2.55. The maximum atomic E-state index is 6.57. The smallest absolute Gasteiger partial charge is 0.0420 e. The SMILES string of the molecule is CCCC1(CCC)CC(N)(c2ccc(Cl)cc2)C1. The summed E-state index contributed by atoms with van der Waals surface area (Å²) in [6.45, 7) is 4.55. The summed E-state index contributed by atoms with van der Waals surface area (Å²) in [6.07, 6.45) is 7.40. The normalized spacial score (nSPS) is 20.4. The van der Waals surface area contributed by atoms with Crippen molar-refractivity contribution in [1.82, 2.24) is 0 Å². The van der Waals surface area contributed by atoms with Gasteiger partial charge in [-0.1, -0.05) is 50.4 Å². The quantitative estimate of drug-likeness (QED) is 0.807. The number of halogens is 1. The Morgan fingerprint density at radius 1 is 1.06 bits per heavy atom. The molecule has 2 rings (SSSR count). The summed E-state index contributed by atoms with van der Waals surface area (Å²) in [7, 11) is 0. The topological polar surface area (TPSA) is 26.0 Å². The molecular weight excluding hydrogens is 242 g/mol. The van der Waals surface area contributed by atoms with Gasteiger partial charge in [-0.25, -0.2) is 0 Å². The standard InChI is InChI=1S/C16H24ClN/c1-3-9-15(10-4-2)11-16(18,12-15)13-5-7-14(17)8-6-13/h5-8H,3-4,9-12,18H2,1-2H3. The molecule has 2 N–H and O–H groups in total. The van der Waals surface area contributed by atoms with Crippen LogP contribution in [0.4, 0.5) is 0 Å². The molecule has 1 nitrogen and oxygen atoms in total. The van der Waals surface area contributed by atoms with Crippen molar-refractivity contribution in [2.24, 2.45) is 11.1 Å². The van der Waals surface area contributed by atoms with Crippen LogP contribution in [-0.4, -0.2) is 0 Å². The Labute approximate surface area is 116 Å². The first kappa shape index (κ1) is 13.9. The van der Waals surface area contributed by atoms with Gasteiger partial charge in [-0.3, -0.25) is 0 Å². The van der Waals surface area contributed by atoms with E-state index in [4.69, 9.17) is 17.3 Å². The Morgan fingerprint density at radius 3 is 2.00 bits per heavy atom. The van der Waals surface area contributed by atoms with E-state index in [0.29, 0.717) is 5.41 Å². The zero-order chi connectivity index (χ0) is 13.2. The van der Waals surface area contributed by atoms with Gasteiger partial charge in [-0.15, -0.1) is 0 Å². The number of hydrogen-bond acceptors (Lipinski definition) is 1. The lowest BCUT2D eigenvalue weighted by molar-refractivity contribution is 0.00623. The second kappa shape index (κ2) is 5.22. The van der Waals surface area contributed by atoms with Gasteiger partial charge in [0, 0.05) is 10.6 Å². The summed E-state index contributed by atoms with van der Waals surface area (Å²) in [5.74, 6) is 0. The van der Waals surface area contributed by atoms with Crippen LogP contribution in [-0.2, 0) is 5.54 Å². The predicted molar refractivity (Wildman–Crippen MR) is 78.8 cm³/mol. The van der Waals surface area contributed by atoms with Crippen LogP contribution < -0.4 is 5.73 Å². The third kappa shape index (κ3) is 2.57. The highest BCUT2D eigenvalue weighted by atomic mass is 35.5. The highest BCUT2D eigenvalue weighted by Crippen LogP contribution is 2.57. The van der Waals surface area contributed by atoms with Gasteiger partial charge in [0.25, 0.3) is 0 Å². The fraction of sp³-hybridized carbons (Fsp3) is 0.625. The summed E-state index contributed by atoms with van der Waals surface area (Å²) in [5, 5.41) is 0.787. The Balaban J connectivity index is 2.10. The molecule has 18 heavy (non-hydrogen) atoms. The molecule has 100 valence electrons. The van der Waals surface area contributed by atoms with Gasteiger partial charge in [-0.2, -0.15) is 0 Å². The third-order valence-electron chi connectivity index (χ3n) is 4.36. The Morgan fingerprint density at radius 2 is 1.56 bits per heavy atom. The first-order valence-corrected chi connectivity index (χ1v) is 7.46. The van der Waals surface area contributed by atoms with E-state index >= 15 is 0 Å². The molecule has 0 amide bonds. The fourth-order valence-corrected chi connectivity index (χ4v) is 3.94. The second-order valence-corrected chi connectivity index (χ2v) is 6.45. The van der Waals surface area contributed by atoms with E-state index in [0.717, 1.165) is 17.9 Å². The van der Waals surface area contributed by atoms with Crippen LogP contribution in [0.25, 0.3) is 0 Å². The van der Waals surface area contributed by atoms with Gasteiger partial charge in [0.05, 0.1) is 0 Å². The van der Waals surface area contributed by atoms with Gasteiger partial charge >= 0.3 is 0 Å². The predicted octanol–water partition coefficient (Wildman–Crippen LogP) is 4.87. The number of rotatable bonds is 5. The van der Waals surface area contributed by atoms with Crippen molar-refractivity contribution in [3.63, 3.8) is 0 Å². The molecule has 0 heterocycles. The molecule has 1 fully saturated rings. The zero-order valence-corrected chi connectivity index (χ0v) is 12.3. The largest absolute Gasteiger partial charge is 0.321 e. The highest BCUT2D eigenvalue weighted by molar-refractivity contribution is 6.30. The van der Waals surface area contributed by atoms with Gasteiger partial charge in [-0.05, 0) is 48.8 Å². The molecule has 2 heteroatoms. The molecule has 0 atom stereocenters. The molecule has 0 aliphatic heterocycles. The van der Waals surface area contributed by atoms with Crippen LogP contribution in [0.1, 0.15) is 57.9 Å². The summed E-state index contributed by atoms with van der Waals surface area (Å²) in [5.41, 5.74) is 8.19. The average Bonchev–Trinajstić information content (AvgIpc) is 2.28. The van der Waals surface area contributed by atoms with Crippen LogP contribution in [0, 0.1) is 5.41 Å². The van der Waals surface area contributed by atoms with Crippen LogP contribution in [0.3, 0.4) is 0 Å². The van der Waals surface area contributed by atoms with E-state index in [2.05, 4.69) is 26.0 Å². The van der Waals surface area contributed by atoms with Crippen LogP contribution >= 0.6 is 11.6 Å². The van der Waals surface area contributed by atoms with Crippen molar-refractivity contribution in [2.75, 3.05) is 0 Å². The highest BCUT2D eigenvalue weighted by Gasteiger charge is 2.51. The Hall–Kier alpha value is -0.530. The van der Waals surface area contributed by atoms with E-state index < -0.39 is 0 Å². The first-order chi connectivity index (χ1) is 8.53. The molecule has 1 aliphatic carbocycles. The van der Waals surface area contributed by atoms with Gasteiger partial charge in [0.1, 0.15) is 0 Å². The molecule has 1 aromatic rings. The number of benzene rings is 1. The van der Waals surface area contributed by atoms with Crippen molar-refractivity contribution >= 4 is 11.6 Å². The summed E-state index contributed by atoms with van der Waals surface area (Å²) in [6, 6.07) is 8.07. The van der Waals surface area contributed by atoms with Crippen molar-refractivity contribution in [3.05, 3.63) is 34.9 Å². The molecule has 0 unspecified atom stereocenters. The molecule has 0 radical (unpaired) electrons. The molecule has 0 bridgehead atoms. The average molecular weight is 266 g/mol. The monoisotopic (exact) mass is 265 g/mol. The van der Waals surface area contributed by atoms with E-state index in [1.165, 1.54) is 31.2 Å². The minimum absolute atomic E-state index is 0.116. The maximum absolute atomic E-state index is 6.57. The maximum Gasteiger partial charge on any atom is 0.0420 e. The first-order valence-electron chi connectivity index (χ1n) is 7.08. The van der Waals surface area contributed by atoms with E-state index in [1.54, 1.807) is 0 Å². The number of hydrogen-bond donors (Lipinski definition) is 1. The third-order valence-corrected chi connectivity index (χ3v) is 4.61. The minimum Gasteiger partial charge on any atom is -0.321 e. The van der Waals surface area contributed by atoms with Crippen molar-refractivity contribution in [2.45, 2.75) is 57.9 Å². The lowest BCUT2D eigenvalue weighted by atomic mass is 9.52. The molecule has 1 aliphatic rings. The van der Waals surface area contributed by atoms with Crippen LogP contribution in [0.15, 0.2) is 24.3 Å². The van der Waals surface area contributed by atoms with Crippen molar-refractivity contribution in [3.8, 4) is 0 Å². The van der Waals surface area contributed by atoms with Gasteiger partial charge in [0.15, 0.2) is 0 Å². The number of nitrogens with two attached hydrogens (primary N) is 1. The lowest BCUT2D eigenvalue weighted by Gasteiger charge is -2.55. The van der Waals surface area contributed by atoms with E-state index in [-0.39, 0.29) is 5.54 Å². The second-order valence-electron chi connectivity index (χ2n) is 6.02. The molecule has 0 saturated heterocycles. The summed E-state index contributed by atoms with van der Waals surface area (Å²) in [4.78, 5) is 0. The zero-order valence-electron chi connectivity index (χ0n) is 11.5.